The molecule has 18 heteroatoms. The van der Waals surface area contributed by atoms with E-state index in [1.807, 2.05) is 13.8 Å². The fraction of sp³-hybridized carbons (Fsp3) is 1.00. The first-order valence-electron chi connectivity index (χ1n) is 4.06. The van der Waals surface area contributed by atoms with Crippen molar-refractivity contribution in [1.82, 2.24) is 0 Å². The molecule has 0 fully saturated rings. The summed E-state index contributed by atoms with van der Waals surface area (Å²) < 4.78 is 44.4. The predicted molar refractivity (Wildman–Crippen MR) is 61.7 cm³/mol. The first-order chi connectivity index (χ1) is 8.41. The van der Waals surface area contributed by atoms with E-state index in [9.17, 15) is 18.3 Å². The zero-order chi connectivity index (χ0) is 17.4. The lowest BCUT2D eigenvalue weighted by molar-refractivity contribution is 0.221. The van der Waals surface area contributed by atoms with Crippen LogP contribution in [0.3, 0.4) is 0 Å². The molecule has 20 heavy (non-hydrogen) atoms. The second-order valence-electron chi connectivity index (χ2n) is 2.13. The van der Waals surface area contributed by atoms with Gasteiger partial charge in [0.25, 0.3) is 0 Å². The van der Waals surface area contributed by atoms with Gasteiger partial charge in [-0.25, -0.2) is 18.3 Å². The molecule has 0 aromatic heterocycles. The van der Waals surface area contributed by atoms with Crippen molar-refractivity contribution in [2.24, 2.45) is 0 Å². The van der Waals surface area contributed by atoms with Crippen molar-refractivity contribution in [3.63, 3.8) is 0 Å². The Kier molecular flexibility index (Phi) is 12.1. The molecule has 0 spiro atoms. The highest BCUT2D eigenvalue weighted by molar-refractivity contribution is 7.60. The number of phosphoric acid groups is 4. The Balaban J connectivity index is -0.000000257. The molecular weight excluding hydrogens is 372 g/mol. The van der Waals surface area contributed by atoms with E-state index in [0.717, 1.165) is 0 Å². The summed E-state index contributed by atoms with van der Waals surface area (Å²) in [7, 11) is -20.2. The zero-order valence-electron chi connectivity index (χ0n) is 9.82. The molecular formula is C2H14O14P4. The minimum Gasteiger partial charge on any atom is -0.302 e. The molecule has 0 aliphatic rings. The van der Waals surface area contributed by atoms with Crippen molar-refractivity contribution >= 4 is 31.3 Å². The molecule has 0 aliphatic heterocycles. The van der Waals surface area contributed by atoms with Gasteiger partial charge in [0.15, 0.2) is 0 Å². The molecule has 0 amide bonds. The minimum atomic E-state index is -5.05. The summed E-state index contributed by atoms with van der Waals surface area (Å²) in [6, 6.07) is 0. The van der Waals surface area contributed by atoms with Crippen LogP contribution in [0, 0.1) is 0 Å². The van der Waals surface area contributed by atoms with Crippen LogP contribution in [0.2, 0.25) is 0 Å². The van der Waals surface area contributed by atoms with Gasteiger partial charge in [-0.15, -0.1) is 0 Å². The number of hydrogen-bond donors (Lipinski definition) is 8. The maximum Gasteiger partial charge on any atom is 0.478 e. The molecule has 0 rings (SSSR count). The van der Waals surface area contributed by atoms with Crippen LogP contribution in [0.25, 0.3) is 0 Å². The standard InChI is InChI=1S/C2H6.2H4O7P2/c1-2;2*1-8(2,3)7-9(4,5)6/h1-2H3;2*(H2,1,2,3)(H2,4,5,6). The molecule has 126 valence electrons. The third-order valence-corrected chi connectivity index (χ3v) is 3.83. The second kappa shape index (κ2) is 9.52. The molecule has 8 N–H and O–H groups in total. The van der Waals surface area contributed by atoms with Crippen molar-refractivity contribution in [3.8, 4) is 0 Å². The number of rotatable bonds is 4. The third kappa shape index (κ3) is 36.3. The minimum absolute atomic E-state index is 2.00. The largest absolute Gasteiger partial charge is 0.478 e. The highest BCUT2D eigenvalue weighted by Gasteiger charge is 2.28. The van der Waals surface area contributed by atoms with E-state index in [0.29, 0.717) is 0 Å². The molecule has 0 saturated heterocycles. The normalized spacial score (nSPS) is 12.7. The Morgan fingerprint density at radius 3 is 0.600 bits per heavy atom. The molecule has 0 aliphatic carbocycles. The van der Waals surface area contributed by atoms with Gasteiger partial charge in [-0.2, -0.15) is 8.62 Å². The van der Waals surface area contributed by atoms with Crippen molar-refractivity contribution in [1.29, 1.82) is 0 Å². The van der Waals surface area contributed by atoms with Crippen LogP contribution < -0.4 is 0 Å². The van der Waals surface area contributed by atoms with Crippen LogP contribution in [0.1, 0.15) is 13.8 Å². The lowest BCUT2D eigenvalue weighted by Crippen LogP contribution is -1.84. The quantitative estimate of drug-likeness (QED) is 0.281. The average molecular weight is 386 g/mol. The number of hydrogen-bond acceptors (Lipinski definition) is 6. The molecule has 0 aromatic carbocycles. The smallest absolute Gasteiger partial charge is 0.302 e. The highest BCUT2D eigenvalue weighted by atomic mass is 31.3. The summed E-state index contributed by atoms with van der Waals surface area (Å²) in [6.07, 6.45) is 0. The van der Waals surface area contributed by atoms with Gasteiger partial charge < -0.3 is 39.1 Å². The second-order valence-corrected chi connectivity index (χ2v) is 7.36. The van der Waals surface area contributed by atoms with Crippen molar-refractivity contribution in [2.45, 2.75) is 13.8 Å². The summed E-state index contributed by atoms with van der Waals surface area (Å²) in [5.41, 5.74) is 0. The Labute approximate surface area is 112 Å². The van der Waals surface area contributed by atoms with E-state index in [1.54, 1.807) is 0 Å². The van der Waals surface area contributed by atoms with Crippen LogP contribution >= 0.6 is 31.3 Å². The van der Waals surface area contributed by atoms with Crippen LogP contribution in [-0.4, -0.2) is 39.1 Å². The first-order valence-corrected chi connectivity index (χ1v) is 10.2. The first kappa shape index (κ1) is 25.5. The molecule has 0 radical (unpaired) electrons. The van der Waals surface area contributed by atoms with Gasteiger partial charge in [0.05, 0.1) is 0 Å². The zero-order valence-corrected chi connectivity index (χ0v) is 13.4. The topological polar surface area (TPSA) is 249 Å². The van der Waals surface area contributed by atoms with Crippen LogP contribution in [0.4, 0.5) is 0 Å². The van der Waals surface area contributed by atoms with Gasteiger partial charge in [-0.1, -0.05) is 13.8 Å². The van der Waals surface area contributed by atoms with E-state index in [-0.39, 0.29) is 0 Å². The van der Waals surface area contributed by atoms with Crippen molar-refractivity contribution in [3.05, 3.63) is 0 Å². The van der Waals surface area contributed by atoms with Crippen molar-refractivity contribution < 1.29 is 66.0 Å². The summed E-state index contributed by atoms with van der Waals surface area (Å²) in [4.78, 5) is 62.0. The third-order valence-electron chi connectivity index (χ3n) is 0.425. The molecule has 0 heterocycles. The van der Waals surface area contributed by atoms with Gasteiger partial charge in [-0.05, 0) is 0 Å². The Morgan fingerprint density at radius 2 is 0.600 bits per heavy atom. The molecule has 14 nitrogen and oxygen atoms in total. The van der Waals surface area contributed by atoms with Crippen LogP contribution in [0.5, 0.6) is 0 Å². The lowest BCUT2D eigenvalue weighted by Gasteiger charge is -2.03. The monoisotopic (exact) mass is 386 g/mol. The van der Waals surface area contributed by atoms with E-state index in [2.05, 4.69) is 8.62 Å². The van der Waals surface area contributed by atoms with Gasteiger partial charge in [0.1, 0.15) is 0 Å². The molecule has 0 atom stereocenters. The van der Waals surface area contributed by atoms with Gasteiger partial charge in [0.2, 0.25) is 0 Å². The molecule has 0 bridgehead atoms. The fourth-order valence-corrected chi connectivity index (χ4v) is 2.49. The summed E-state index contributed by atoms with van der Waals surface area (Å²) in [5, 5.41) is 0. The van der Waals surface area contributed by atoms with E-state index in [4.69, 9.17) is 39.1 Å². The maximum absolute atomic E-state index is 9.63. The van der Waals surface area contributed by atoms with Gasteiger partial charge in [0, 0.05) is 0 Å². The highest BCUT2D eigenvalue weighted by Crippen LogP contribution is 2.54. The molecule has 0 aromatic rings. The molecule has 0 saturated carbocycles. The SMILES string of the molecule is CC.O=P(O)(O)OP(=O)(O)O.O=P(O)(O)OP(=O)(O)O. The molecule has 0 unspecified atom stereocenters. The van der Waals surface area contributed by atoms with E-state index in [1.165, 1.54) is 0 Å². The van der Waals surface area contributed by atoms with Crippen LogP contribution in [-0.2, 0) is 26.9 Å². The fourth-order valence-electron chi connectivity index (χ4n) is 0.277. The van der Waals surface area contributed by atoms with E-state index < -0.39 is 31.3 Å². The maximum atomic E-state index is 9.63. The summed E-state index contributed by atoms with van der Waals surface area (Å²) in [6.45, 7) is 4.00. The predicted octanol–water partition coefficient (Wildman–Crippen LogP) is -0.597. The summed E-state index contributed by atoms with van der Waals surface area (Å²) >= 11 is 0. The Hall–Kier alpha value is 0.520. The lowest BCUT2D eigenvalue weighted by atomic mass is 11.0. The van der Waals surface area contributed by atoms with Gasteiger partial charge in [-0.3, -0.25) is 0 Å². The van der Waals surface area contributed by atoms with Crippen molar-refractivity contribution in [2.75, 3.05) is 0 Å². The van der Waals surface area contributed by atoms with Gasteiger partial charge >= 0.3 is 31.3 Å². The van der Waals surface area contributed by atoms with E-state index >= 15 is 0 Å². The Morgan fingerprint density at radius 1 is 0.500 bits per heavy atom. The van der Waals surface area contributed by atoms with Crippen LogP contribution in [0.15, 0.2) is 0 Å². The Bertz CT molecular complexity index is 346. The summed E-state index contributed by atoms with van der Waals surface area (Å²) in [5.74, 6) is 0. The average Bonchev–Trinajstić information content (AvgIpc) is 1.93.